The van der Waals surface area contributed by atoms with Gasteiger partial charge in [-0.25, -0.2) is 0 Å². The van der Waals surface area contributed by atoms with Crippen molar-refractivity contribution in [1.82, 2.24) is 4.90 Å². The smallest absolute Gasteiger partial charge is 0.0213 e. The normalized spacial score (nSPS) is 9.00. The quantitative estimate of drug-likeness (QED) is 0.451. The summed E-state index contributed by atoms with van der Waals surface area (Å²) in [5.74, 6) is 2.85. The molecule has 0 spiro atoms. The molecule has 0 aromatic carbocycles. The zero-order valence-corrected chi connectivity index (χ0v) is 9.23. The van der Waals surface area contributed by atoms with E-state index in [9.17, 15) is 0 Å². The van der Waals surface area contributed by atoms with E-state index in [-0.39, 0.29) is 0 Å². The second-order valence-electron chi connectivity index (χ2n) is 2.05. The number of hydrogen-bond donors (Lipinski definition) is 0. The van der Waals surface area contributed by atoms with Crippen LogP contribution in [-0.2, 0) is 0 Å². The average Bonchev–Trinajstić information content (AvgIpc) is 2.11. The molecule has 12 heavy (non-hydrogen) atoms. The Morgan fingerprint density at radius 3 is 2.17 bits per heavy atom. The van der Waals surface area contributed by atoms with Crippen molar-refractivity contribution in [2.24, 2.45) is 0 Å². The van der Waals surface area contributed by atoms with E-state index in [1.165, 1.54) is 5.70 Å². The lowest BCUT2D eigenvalue weighted by Crippen LogP contribution is -2.09. The first-order chi connectivity index (χ1) is 5.76. The van der Waals surface area contributed by atoms with Crippen molar-refractivity contribution >= 4 is 0 Å². The molecule has 0 radical (unpaired) electrons. The fourth-order valence-corrected chi connectivity index (χ4v) is 0.874. The first kappa shape index (κ1) is 13.7. The van der Waals surface area contributed by atoms with Crippen LogP contribution >= 0.6 is 0 Å². The molecule has 0 unspecified atom stereocenters. The van der Waals surface area contributed by atoms with E-state index >= 15 is 0 Å². The minimum Gasteiger partial charge on any atom is -0.309 e. The monoisotopic (exact) mass is 167 g/mol. The maximum absolute atomic E-state index is 2.96. The summed E-state index contributed by atoms with van der Waals surface area (Å²) in [6.45, 7) is 10.0. The summed E-state index contributed by atoms with van der Waals surface area (Å²) >= 11 is 0. The number of nitrogens with zero attached hydrogens (tertiary/aromatic N) is 1. The minimum atomic E-state index is 1.04. The molecule has 0 bridgehead atoms. The zero-order chi connectivity index (χ0) is 9.98. The average molecular weight is 167 g/mol. The molecule has 1 nitrogen and oxygen atoms in total. The van der Waals surface area contributed by atoms with E-state index in [4.69, 9.17) is 0 Å². The van der Waals surface area contributed by atoms with Gasteiger partial charge in [0.25, 0.3) is 0 Å². The minimum absolute atomic E-state index is 1.04. The van der Waals surface area contributed by atoms with Gasteiger partial charge < -0.3 is 4.90 Å². The largest absolute Gasteiger partial charge is 0.309 e. The van der Waals surface area contributed by atoms with Crippen molar-refractivity contribution in [2.45, 2.75) is 41.0 Å². The van der Waals surface area contributed by atoms with Crippen molar-refractivity contribution in [3.8, 4) is 12.0 Å². The summed E-state index contributed by atoms with van der Waals surface area (Å²) in [4.78, 5) is 1.96. The van der Waals surface area contributed by atoms with E-state index in [0.29, 0.717) is 0 Å². The molecular formula is C11H21N. The van der Waals surface area contributed by atoms with Gasteiger partial charge in [-0.3, -0.25) is 0 Å². The third kappa shape index (κ3) is 5.85. The Labute approximate surface area is 77.5 Å². The summed E-state index contributed by atoms with van der Waals surface area (Å²) in [6, 6.07) is 2.96. The van der Waals surface area contributed by atoms with Crippen LogP contribution in [0.1, 0.15) is 41.0 Å². The molecule has 0 aromatic rings. The molecule has 0 fully saturated rings. The lowest BCUT2D eigenvalue weighted by atomic mass is 10.3. The molecule has 1 heteroatoms. The molecule has 0 N–H and O–H groups in total. The van der Waals surface area contributed by atoms with Crippen molar-refractivity contribution < 1.29 is 0 Å². The summed E-state index contributed by atoms with van der Waals surface area (Å²) in [7, 11) is 1.98. The Hall–Kier alpha value is -0.900. The Morgan fingerprint density at radius 1 is 1.42 bits per heavy atom. The van der Waals surface area contributed by atoms with Crippen molar-refractivity contribution in [3.63, 3.8) is 0 Å². The number of hydrogen-bond acceptors (Lipinski definition) is 1. The molecule has 0 aromatic heterocycles. The second kappa shape index (κ2) is 10.1. The Balaban J connectivity index is 0. The van der Waals surface area contributed by atoms with Gasteiger partial charge in [0, 0.05) is 18.8 Å². The summed E-state index contributed by atoms with van der Waals surface area (Å²) < 4.78 is 0. The Bertz CT molecular complexity index is 169. The predicted octanol–water partition coefficient (Wildman–Crippen LogP) is 3.24. The van der Waals surface area contributed by atoms with Gasteiger partial charge >= 0.3 is 0 Å². The van der Waals surface area contributed by atoms with Crippen LogP contribution in [0.4, 0.5) is 0 Å². The third-order valence-electron chi connectivity index (χ3n) is 1.41. The summed E-state index contributed by atoms with van der Waals surface area (Å²) in [5.41, 5.74) is 1.27. The molecule has 0 heterocycles. The van der Waals surface area contributed by atoms with E-state index in [2.05, 4.69) is 25.0 Å². The van der Waals surface area contributed by atoms with E-state index < -0.39 is 0 Å². The number of allylic oxidation sites excluding steroid dienone is 2. The first-order valence-corrected chi connectivity index (χ1v) is 4.57. The molecule has 0 aliphatic heterocycles. The maximum atomic E-state index is 2.96. The summed E-state index contributed by atoms with van der Waals surface area (Å²) in [5, 5.41) is 0. The van der Waals surface area contributed by atoms with Crippen LogP contribution in [0.15, 0.2) is 11.8 Å². The molecule has 0 aliphatic rings. The lowest BCUT2D eigenvalue weighted by Gasteiger charge is -2.12. The van der Waals surface area contributed by atoms with Crippen molar-refractivity contribution in [2.75, 3.05) is 7.05 Å². The van der Waals surface area contributed by atoms with Gasteiger partial charge in [0.2, 0.25) is 0 Å². The van der Waals surface area contributed by atoms with Gasteiger partial charge in [-0.2, -0.15) is 0 Å². The molecule has 70 valence electrons. The second-order valence-corrected chi connectivity index (χ2v) is 2.05. The van der Waals surface area contributed by atoms with Gasteiger partial charge in [0.15, 0.2) is 0 Å². The maximum Gasteiger partial charge on any atom is 0.0213 e. The van der Waals surface area contributed by atoms with Crippen LogP contribution in [0.5, 0.6) is 0 Å². The van der Waals surface area contributed by atoms with Gasteiger partial charge in [-0.1, -0.05) is 32.8 Å². The third-order valence-corrected chi connectivity index (χ3v) is 1.41. The summed E-state index contributed by atoms with van der Waals surface area (Å²) in [6.07, 6.45) is 3.13. The van der Waals surface area contributed by atoms with Crippen LogP contribution < -0.4 is 0 Å². The molecule has 0 atom stereocenters. The predicted molar refractivity (Wildman–Crippen MR) is 56.6 cm³/mol. The van der Waals surface area contributed by atoms with Crippen LogP contribution in [0, 0.1) is 12.0 Å². The van der Waals surface area contributed by atoms with Crippen LogP contribution in [0.2, 0.25) is 0 Å². The highest BCUT2D eigenvalue weighted by Crippen LogP contribution is 2.03. The molecular weight excluding hydrogens is 146 g/mol. The van der Waals surface area contributed by atoms with Gasteiger partial charge in [-0.05, 0) is 20.3 Å². The van der Waals surface area contributed by atoms with E-state index in [1.54, 1.807) is 0 Å². The molecule has 0 saturated carbocycles. The standard InChI is InChI=1S/C9H15N.C2H6/c1-5-8-10(4)9(6-2)7-3;1-2/h6H,7H2,1-4H3;1-2H3/b9-6-;. The van der Waals surface area contributed by atoms with Crippen molar-refractivity contribution in [1.29, 1.82) is 0 Å². The lowest BCUT2D eigenvalue weighted by molar-refractivity contribution is 0.574. The van der Waals surface area contributed by atoms with Gasteiger partial charge in [0.1, 0.15) is 0 Å². The zero-order valence-electron chi connectivity index (χ0n) is 9.23. The Kier molecular flexibility index (Phi) is 11.5. The van der Waals surface area contributed by atoms with E-state index in [0.717, 1.165) is 6.42 Å². The van der Waals surface area contributed by atoms with Crippen molar-refractivity contribution in [3.05, 3.63) is 11.8 Å². The molecule has 0 rings (SSSR count). The fraction of sp³-hybridized carbons (Fsp3) is 0.636. The highest BCUT2D eigenvalue weighted by molar-refractivity contribution is 5.08. The van der Waals surface area contributed by atoms with Crippen LogP contribution in [0.25, 0.3) is 0 Å². The van der Waals surface area contributed by atoms with Gasteiger partial charge in [-0.15, -0.1) is 0 Å². The topological polar surface area (TPSA) is 3.24 Å². The molecule has 0 amide bonds. The van der Waals surface area contributed by atoms with Crippen LogP contribution in [0.3, 0.4) is 0 Å². The SMILES string of the molecule is CC.CC#CN(C)/C(=C\C)CC. The number of rotatable bonds is 2. The van der Waals surface area contributed by atoms with E-state index in [1.807, 2.05) is 39.6 Å². The highest BCUT2D eigenvalue weighted by atomic mass is 15.1. The molecule has 0 aliphatic carbocycles. The molecule has 0 saturated heterocycles. The first-order valence-electron chi connectivity index (χ1n) is 4.57. The van der Waals surface area contributed by atoms with Crippen LogP contribution in [-0.4, -0.2) is 11.9 Å². The fourth-order valence-electron chi connectivity index (χ4n) is 0.874. The Morgan fingerprint density at radius 2 is 1.92 bits per heavy atom. The van der Waals surface area contributed by atoms with Gasteiger partial charge in [0.05, 0.1) is 0 Å². The highest BCUT2D eigenvalue weighted by Gasteiger charge is 1.94.